The van der Waals surface area contributed by atoms with Gasteiger partial charge in [0.1, 0.15) is 35.7 Å². The fourth-order valence-corrected chi connectivity index (χ4v) is 7.04. The summed E-state index contributed by atoms with van der Waals surface area (Å²) in [6.07, 6.45) is -3.53. The lowest BCUT2D eigenvalue weighted by atomic mass is 9.96. The van der Waals surface area contributed by atoms with Crippen LogP contribution in [0.3, 0.4) is 0 Å². The SMILES string of the molecule is C[C@H](NP(=O)(OC[C@H]1O[C@@H](n2cnc3c(=O)[nH]c(N)nc32)[C@](C)(O)[C@@H]1O)Oc1cccc2ccccc12)C(=O)O[C@@H](C)c1ccccc1. The molecule has 6 N–H and O–H groups in total. The van der Waals surface area contributed by atoms with Crippen LogP contribution < -0.4 is 20.9 Å². The Morgan fingerprint density at radius 2 is 1.85 bits per heavy atom. The largest absolute Gasteiger partial charge is 0.459 e. The van der Waals surface area contributed by atoms with Gasteiger partial charge < -0.3 is 29.9 Å². The van der Waals surface area contributed by atoms with Crippen LogP contribution in [0.5, 0.6) is 5.75 Å². The number of nitrogens with one attached hydrogen (secondary N) is 2. The van der Waals surface area contributed by atoms with Crippen molar-refractivity contribution < 1.29 is 38.1 Å². The Kier molecular flexibility index (Phi) is 9.09. The van der Waals surface area contributed by atoms with Crippen LogP contribution in [0, 0.1) is 0 Å². The number of carbonyl (C=O) groups is 1. The number of nitrogen functional groups attached to an aromatic ring is 1. The number of imidazole rings is 1. The molecule has 1 aliphatic rings. The second-order valence-electron chi connectivity index (χ2n) is 11.7. The molecule has 1 saturated heterocycles. The van der Waals surface area contributed by atoms with E-state index in [0.29, 0.717) is 5.39 Å². The first-order chi connectivity index (χ1) is 22.9. The van der Waals surface area contributed by atoms with Gasteiger partial charge in [-0.25, -0.2) is 9.55 Å². The predicted molar refractivity (Wildman–Crippen MR) is 175 cm³/mol. The number of aromatic amines is 1. The number of ether oxygens (including phenoxy) is 2. The van der Waals surface area contributed by atoms with Crippen LogP contribution in [-0.4, -0.2) is 66.2 Å². The molecule has 5 aromatic rings. The minimum Gasteiger partial charge on any atom is -0.457 e. The fourth-order valence-electron chi connectivity index (χ4n) is 5.52. The van der Waals surface area contributed by atoms with Gasteiger partial charge in [-0.1, -0.05) is 66.7 Å². The van der Waals surface area contributed by atoms with Gasteiger partial charge in [0.05, 0.1) is 12.9 Å². The van der Waals surface area contributed by atoms with E-state index in [4.69, 9.17) is 24.3 Å². The minimum atomic E-state index is -4.44. The van der Waals surface area contributed by atoms with E-state index in [0.717, 1.165) is 10.9 Å². The zero-order valence-electron chi connectivity index (χ0n) is 26.2. The van der Waals surface area contributed by atoms with Gasteiger partial charge in [-0.05, 0) is 37.8 Å². The molecule has 252 valence electrons. The molecular weight excluding hydrogens is 643 g/mol. The summed E-state index contributed by atoms with van der Waals surface area (Å²) in [5.74, 6) is -0.694. The van der Waals surface area contributed by atoms with Gasteiger partial charge in [0.25, 0.3) is 5.56 Å². The van der Waals surface area contributed by atoms with Crippen molar-refractivity contribution >= 4 is 41.6 Å². The molecular formula is C32H35N6O9P. The van der Waals surface area contributed by atoms with Crippen LogP contribution in [0.2, 0.25) is 0 Å². The Morgan fingerprint density at radius 1 is 1.15 bits per heavy atom. The first-order valence-corrected chi connectivity index (χ1v) is 16.6. The fraction of sp³-hybridized carbons (Fsp3) is 0.312. The maximum absolute atomic E-state index is 14.4. The maximum atomic E-state index is 14.4. The smallest absolute Gasteiger partial charge is 0.457 e. The van der Waals surface area contributed by atoms with E-state index < -0.39 is 62.1 Å². The quantitative estimate of drug-likeness (QED) is 0.100. The predicted octanol–water partition coefficient (Wildman–Crippen LogP) is 3.35. The number of nitrogens with zero attached hydrogens (tertiary/aromatic N) is 3. The van der Waals surface area contributed by atoms with Crippen LogP contribution in [0.25, 0.3) is 21.9 Å². The average molecular weight is 679 g/mol. The molecule has 1 aliphatic heterocycles. The van der Waals surface area contributed by atoms with Gasteiger partial charge in [-0.3, -0.25) is 23.7 Å². The maximum Gasteiger partial charge on any atom is 0.459 e. The molecule has 16 heteroatoms. The minimum absolute atomic E-state index is 0.0130. The van der Waals surface area contributed by atoms with Crippen molar-refractivity contribution in [1.29, 1.82) is 0 Å². The monoisotopic (exact) mass is 678 g/mol. The van der Waals surface area contributed by atoms with Crippen LogP contribution in [-0.2, 0) is 23.4 Å². The summed E-state index contributed by atoms with van der Waals surface area (Å²) in [7, 11) is -4.44. The highest BCUT2D eigenvalue weighted by atomic mass is 31.2. The summed E-state index contributed by atoms with van der Waals surface area (Å²) in [5.41, 5.74) is 3.89. The Hall–Kier alpha value is -4.63. The molecule has 1 unspecified atom stereocenters. The van der Waals surface area contributed by atoms with E-state index in [1.165, 1.54) is 24.7 Å². The van der Waals surface area contributed by atoms with Crippen LogP contribution in [0.15, 0.2) is 83.9 Å². The third-order valence-corrected chi connectivity index (χ3v) is 9.73. The van der Waals surface area contributed by atoms with Gasteiger partial charge in [-0.2, -0.15) is 10.1 Å². The van der Waals surface area contributed by atoms with Gasteiger partial charge in [0, 0.05) is 5.39 Å². The number of esters is 1. The van der Waals surface area contributed by atoms with Crippen molar-refractivity contribution in [2.75, 3.05) is 12.3 Å². The number of hydrogen-bond donors (Lipinski definition) is 5. The zero-order chi connectivity index (χ0) is 34.2. The molecule has 7 atom stereocenters. The second kappa shape index (κ2) is 13.1. The molecule has 0 bridgehead atoms. The average Bonchev–Trinajstić information content (AvgIpc) is 3.57. The summed E-state index contributed by atoms with van der Waals surface area (Å²) < 4.78 is 39.1. The highest BCUT2D eigenvalue weighted by Crippen LogP contribution is 2.48. The van der Waals surface area contributed by atoms with Gasteiger partial charge >= 0.3 is 13.7 Å². The third kappa shape index (κ3) is 6.56. The molecule has 3 aromatic carbocycles. The number of aromatic nitrogens is 4. The molecule has 6 rings (SSSR count). The number of rotatable bonds is 11. The zero-order valence-corrected chi connectivity index (χ0v) is 27.1. The molecule has 0 aliphatic carbocycles. The van der Waals surface area contributed by atoms with Crippen LogP contribution in [0.4, 0.5) is 5.95 Å². The van der Waals surface area contributed by atoms with Gasteiger partial charge in [0.15, 0.2) is 17.4 Å². The molecule has 48 heavy (non-hydrogen) atoms. The number of fused-ring (bicyclic) bond motifs is 2. The number of aliphatic hydroxyl groups is 2. The third-order valence-electron chi connectivity index (χ3n) is 8.10. The van der Waals surface area contributed by atoms with Crippen molar-refractivity contribution in [2.45, 2.75) is 57.0 Å². The first kappa shape index (κ1) is 33.3. The molecule has 1 fully saturated rings. The van der Waals surface area contributed by atoms with Crippen LogP contribution in [0.1, 0.15) is 38.7 Å². The summed E-state index contributed by atoms with van der Waals surface area (Å²) in [6.45, 7) is 3.93. The molecule has 0 saturated carbocycles. The summed E-state index contributed by atoms with van der Waals surface area (Å²) in [5, 5.41) is 26.6. The Balaban J connectivity index is 1.25. The van der Waals surface area contributed by atoms with Crippen molar-refractivity contribution in [1.82, 2.24) is 24.6 Å². The van der Waals surface area contributed by atoms with E-state index in [2.05, 4.69) is 20.0 Å². The Morgan fingerprint density at radius 3 is 2.62 bits per heavy atom. The molecule has 15 nitrogen and oxygen atoms in total. The molecule has 2 aromatic heterocycles. The summed E-state index contributed by atoms with van der Waals surface area (Å²) in [4.78, 5) is 35.9. The number of aliphatic hydroxyl groups excluding tert-OH is 1. The van der Waals surface area contributed by atoms with E-state index in [9.17, 15) is 24.4 Å². The van der Waals surface area contributed by atoms with E-state index >= 15 is 0 Å². The highest BCUT2D eigenvalue weighted by Gasteiger charge is 2.54. The van der Waals surface area contributed by atoms with Crippen molar-refractivity contribution in [2.24, 2.45) is 0 Å². The topological polar surface area (TPSA) is 213 Å². The number of H-pyrrole nitrogens is 1. The number of benzene rings is 3. The number of carbonyl (C=O) groups excluding carboxylic acids is 1. The van der Waals surface area contributed by atoms with E-state index in [-0.39, 0.29) is 22.9 Å². The van der Waals surface area contributed by atoms with E-state index in [1.807, 2.05) is 48.5 Å². The number of hydrogen-bond acceptors (Lipinski definition) is 12. The summed E-state index contributed by atoms with van der Waals surface area (Å²) in [6, 6.07) is 20.4. The number of anilines is 1. The second-order valence-corrected chi connectivity index (χ2v) is 13.4. The van der Waals surface area contributed by atoms with Gasteiger partial charge in [-0.15, -0.1) is 0 Å². The lowest BCUT2D eigenvalue weighted by molar-refractivity contribution is -0.150. The molecule has 3 heterocycles. The highest BCUT2D eigenvalue weighted by molar-refractivity contribution is 7.52. The lowest BCUT2D eigenvalue weighted by Crippen LogP contribution is -2.44. The standard InChI is InChI=1S/C32H35N6O9P/c1-18(29(41)45-19(2)20-10-5-4-6-11-20)37-48(43,47-23-15-9-13-21-12-7-8-14-22(21)23)44-16-24-26(39)32(3,42)30(46-24)38-17-34-25-27(38)35-31(33)36-28(25)40/h4-15,17-19,24,26,30,39,42H,16H2,1-3H3,(H,37,43)(H3,33,35,36,40)/t18-,19-,24+,26+,30+,32+,48?/m0/s1. The first-order valence-electron chi connectivity index (χ1n) is 15.1. The Bertz CT molecular complexity index is 2050. The number of nitrogens with two attached hydrogens (primary N) is 1. The van der Waals surface area contributed by atoms with E-state index in [1.54, 1.807) is 31.2 Å². The van der Waals surface area contributed by atoms with Crippen molar-refractivity contribution in [3.8, 4) is 5.75 Å². The normalized spacial score (nSPS) is 23.5. The van der Waals surface area contributed by atoms with Crippen LogP contribution >= 0.6 is 7.75 Å². The summed E-state index contributed by atoms with van der Waals surface area (Å²) >= 11 is 0. The Labute approximate surface area is 274 Å². The molecule has 0 amide bonds. The lowest BCUT2D eigenvalue weighted by Gasteiger charge is -2.27. The van der Waals surface area contributed by atoms with Crippen molar-refractivity contribution in [3.05, 3.63) is 95.0 Å². The van der Waals surface area contributed by atoms with Crippen molar-refractivity contribution in [3.63, 3.8) is 0 Å². The molecule has 0 radical (unpaired) electrons. The van der Waals surface area contributed by atoms with Gasteiger partial charge in [0.2, 0.25) is 5.95 Å². The molecule has 0 spiro atoms.